The maximum atomic E-state index is 12.1. The second kappa shape index (κ2) is 5.52. The molecule has 1 amide bonds. The van der Waals surface area contributed by atoms with E-state index < -0.39 is 0 Å². The summed E-state index contributed by atoms with van der Waals surface area (Å²) in [5.74, 6) is 0.571. The number of hydrogen-bond acceptors (Lipinski definition) is 4. The van der Waals surface area contributed by atoms with Crippen LogP contribution in [0.25, 0.3) is 5.65 Å². The molecule has 0 aliphatic heterocycles. The molecule has 0 unspecified atom stereocenters. The van der Waals surface area contributed by atoms with E-state index in [0.29, 0.717) is 17.2 Å². The number of halogens is 1. The molecule has 2 rings (SSSR count). The summed E-state index contributed by atoms with van der Waals surface area (Å²) in [4.78, 5) is 12.1. The largest absolute Gasteiger partial charge is 0.323 e. The van der Waals surface area contributed by atoms with Gasteiger partial charge in [0.25, 0.3) is 0 Å². The van der Waals surface area contributed by atoms with Gasteiger partial charge < -0.3 is 5.32 Å². The van der Waals surface area contributed by atoms with Crippen LogP contribution in [0.1, 0.15) is 32.5 Å². The first-order valence-corrected chi connectivity index (χ1v) is 6.64. The smallest absolute Gasteiger partial charge is 0.227 e. The zero-order valence-corrected chi connectivity index (χ0v) is 11.9. The molecule has 19 heavy (non-hydrogen) atoms. The quantitative estimate of drug-likeness (QED) is 0.934. The minimum absolute atomic E-state index is 0.0176. The molecule has 0 radical (unpaired) electrons. The van der Waals surface area contributed by atoms with Crippen LogP contribution in [0.4, 0.5) is 5.69 Å². The highest BCUT2D eigenvalue weighted by Crippen LogP contribution is 2.20. The van der Waals surface area contributed by atoms with Crippen LogP contribution in [0.3, 0.4) is 0 Å². The summed E-state index contributed by atoms with van der Waals surface area (Å²) in [7, 11) is 0. The molecular weight excluding hydrogens is 266 g/mol. The van der Waals surface area contributed by atoms with Crippen LogP contribution in [0.2, 0.25) is 5.15 Å². The Labute approximate surface area is 116 Å². The lowest BCUT2D eigenvalue weighted by molar-refractivity contribution is -0.120. The Morgan fingerprint density at radius 3 is 2.74 bits per heavy atom. The van der Waals surface area contributed by atoms with Crippen LogP contribution < -0.4 is 5.32 Å². The minimum atomic E-state index is -0.0326. The molecule has 0 spiro atoms. The summed E-state index contributed by atoms with van der Waals surface area (Å²) in [5, 5.41) is 15.2. The fourth-order valence-electron chi connectivity index (χ4n) is 1.94. The van der Waals surface area contributed by atoms with Crippen LogP contribution in [0, 0.1) is 12.8 Å². The van der Waals surface area contributed by atoms with E-state index >= 15 is 0 Å². The molecule has 102 valence electrons. The summed E-state index contributed by atoms with van der Waals surface area (Å²) in [6, 6.07) is 1.59. The van der Waals surface area contributed by atoms with Crippen molar-refractivity contribution < 1.29 is 4.79 Å². The van der Waals surface area contributed by atoms with E-state index in [4.69, 9.17) is 11.6 Å². The number of carbonyl (C=O) groups is 1. The monoisotopic (exact) mass is 281 g/mol. The van der Waals surface area contributed by atoms with Crippen molar-refractivity contribution in [3.05, 3.63) is 17.0 Å². The molecule has 2 aromatic rings. The van der Waals surface area contributed by atoms with Gasteiger partial charge in [-0.2, -0.15) is 9.61 Å². The van der Waals surface area contributed by atoms with Crippen molar-refractivity contribution in [3.8, 4) is 0 Å². The van der Waals surface area contributed by atoms with Gasteiger partial charge in [-0.25, -0.2) is 0 Å². The van der Waals surface area contributed by atoms with Gasteiger partial charge in [-0.15, -0.1) is 10.2 Å². The number of amides is 1. The number of aromatic nitrogens is 4. The van der Waals surface area contributed by atoms with E-state index in [9.17, 15) is 4.79 Å². The third-order valence-corrected chi connectivity index (χ3v) is 3.30. The van der Waals surface area contributed by atoms with E-state index in [0.717, 1.165) is 12.8 Å². The number of anilines is 1. The average molecular weight is 282 g/mol. The number of fused-ring (bicyclic) bond motifs is 1. The van der Waals surface area contributed by atoms with Crippen LogP contribution in [0.5, 0.6) is 0 Å². The molecule has 0 saturated carbocycles. The van der Waals surface area contributed by atoms with Gasteiger partial charge in [-0.3, -0.25) is 4.79 Å². The van der Waals surface area contributed by atoms with Crippen molar-refractivity contribution in [2.24, 2.45) is 5.92 Å². The summed E-state index contributed by atoms with van der Waals surface area (Å²) < 4.78 is 1.52. The molecule has 0 aliphatic rings. The number of aryl methyl sites for hydroxylation is 1. The highest BCUT2D eigenvalue weighted by molar-refractivity contribution is 6.29. The molecule has 2 aromatic heterocycles. The predicted molar refractivity (Wildman–Crippen MR) is 73.2 cm³/mol. The Morgan fingerprint density at radius 2 is 2.11 bits per heavy atom. The molecular formula is C12H16ClN5O. The van der Waals surface area contributed by atoms with Crippen LogP contribution in [-0.4, -0.2) is 25.7 Å². The number of hydrogen-bond donors (Lipinski definition) is 1. The second-order valence-corrected chi connectivity index (χ2v) is 4.75. The maximum Gasteiger partial charge on any atom is 0.227 e. The third-order valence-electron chi connectivity index (χ3n) is 3.11. The number of nitrogens with one attached hydrogen (secondary N) is 1. The number of nitrogens with zero attached hydrogens (tertiary/aromatic N) is 4. The molecule has 2 heterocycles. The molecule has 0 atom stereocenters. The Morgan fingerprint density at radius 1 is 1.42 bits per heavy atom. The van der Waals surface area contributed by atoms with E-state index in [1.807, 2.05) is 13.8 Å². The maximum absolute atomic E-state index is 12.1. The SMILES string of the molecule is CCC(CC)C(=O)Nc1cc(Cl)nn2c(C)nnc12. The van der Waals surface area contributed by atoms with Crippen molar-refractivity contribution >= 4 is 28.8 Å². The zero-order valence-electron chi connectivity index (χ0n) is 11.1. The van der Waals surface area contributed by atoms with Gasteiger partial charge in [-0.05, 0) is 19.8 Å². The number of rotatable bonds is 4. The van der Waals surface area contributed by atoms with E-state index in [1.165, 1.54) is 4.52 Å². The Kier molecular flexibility index (Phi) is 3.99. The van der Waals surface area contributed by atoms with Crippen LogP contribution in [-0.2, 0) is 4.79 Å². The van der Waals surface area contributed by atoms with Crippen molar-refractivity contribution in [2.75, 3.05) is 5.32 Å². The lowest BCUT2D eigenvalue weighted by atomic mass is 10.0. The minimum Gasteiger partial charge on any atom is -0.323 e. The Balaban J connectivity index is 2.37. The van der Waals surface area contributed by atoms with E-state index in [2.05, 4.69) is 20.6 Å². The summed E-state index contributed by atoms with van der Waals surface area (Å²) in [6.45, 7) is 5.75. The predicted octanol–water partition coefficient (Wildman–Crippen LogP) is 2.46. The Hall–Kier alpha value is -1.69. The van der Waals surface area contributed by atoms with Gasteiger partial charge in [-0.1, -0.05) is 25.4 Å². The molecule has 0 fully saturated rings. The summed E-state index contributed by atoms with van der Waals surface area (Å²) in [6.07, 6.45) is 1.59. The molecule has 0 aromatic carbocycles. The zero-order chi connectivity index (χ0) is 14.0. The van der Waals surface area contributed by atoms with Crippen molar-refractivity contribution in [2.45, 2.75) is 33.6 Å². The lowest BCUT2D eigenvalue weighted by Gasteiger charge is -2.13. The van der Waals surface area contributed by atoms with Crippen LogP contribution >= 0.6 is 11.6 Å². The first kappa shape index (κ1) is 13.7. The topological polar surface area (TPSA) is 72.2 Å². The van der Waals surface area contributed by atoms with Crippen molar-refractivity contribution in [1.29, 1.82) is 0 Å². The lowest BCUT2D eigenvalue weighted by Crippen LogP contribution is -2.22. The van der Waals surface area contributed by atoms with E-state index in [1.54, 1.807) is 13.0 Å². The molecule has 1 N–H and O–H groups in total. The highest BCUT2D eigenvalue weighted by Gasteiger charge is 2.17. The van der Waals surface area contributed by atoms with Gasteiger partial charge in [0, 0.05) is 12.0 Å². The molecule has 7 heteroatoms. The van der Waals surface area contributed by atoms with Gasteiger partial charge in [0.1, 0.15) is 0 Å². The van der Waals surface area contributed by atoms with Gasteiger partial charge in [0.05, 0.1) is 5.69 Å². The van der Waals surface area contributed by atoms with E-state index in [-0.39, 0.29) is 17.0 Å². The molecule has 6 nitrogen and oxygen atoms in total. The second-order valence-electron chi connectivity index (χ2n) is 4.37. The van der Waals surface area contributed by atoms with Crippen molar-refractivity contribution in [1.82, 2.24) is 19.8 Å². The Bertz CT molecular complexity index is 605. The standard InChI is InChI=1S/C12H16ClN5O/c1-4-8(5-2)12(19)14-9-6-10(13)17-18-7(3)15-16-11(9)18/h6,8H,4-5H2,1-3H3,(H,14,19). The van der Waals surface area contributed by atoms with Gasteiger partial charge >= 0.3 is 0 Å². The molecule has 0 bridgehead atoms. The fourth-order valence-corrected chi connectivity index (χ4v) is 2.12. The third kappa shape index (κ3) is 2.68. The fraction of sp³-hybridized carbons (Fsp3) is 0.500. The average Bonchev–Trinajstić information content (AvgIpc) is 2.73. The first-order valence-electron chi connectivity index (χ1n) is 6.26. The van der Waals surface area contributed by atoms with Gasteiger partial charge in [0.2, 0.25) is 11.6 Å². The summed E-state index contributed by atoms with van der Waals surface area (Å²) >= 11 is 5.94. The van der Waals surface area contributed by atoms with Crippen molar-refractivity contribution in [3.63, 3.8) is 0 Å². The highest BCUT2D eigenvalue weighted by atomic mass is 35.5. The number of carbonyl (C=O) groups excluding carboxylic acids is 1. The molecule has 0 aliphatic carbocycles. The normalized spacial score (nSPS) is 11.2. The molecule has 0 saturated heterocycles. The first-order chi connectivity index (χ1) is 9.06. The van der Waals surface area contributed by atoms with Crippen LogP contribution in [0.15, 0.2) is 6.07 Å². The summed E-state index contributed by atoms with van der Waals surface area (Å²) in [5.41, 5.74) is 1.04. The van der Waals surface area contributed by atoms with Gasteiger partial charge in [0.15, 0.2) is 11.0 Å².